The molecule has 0 radical (unpaired) electrons. The van der Waals surface area contributed by atoms with Crippen molar-refractivity contribution in [3.05, 3.63) is 17.5 Å². The highest BCUT2D eigenvalue weighted by atomic mass is 16.1. The van der Waals surface area contributed by atoms with Crippen LogP contribution in [0.2, 0.25) is 0 Å². The van der Waals surface area contributed by atoms with Crippen molar-refractivity contribution < 1.29 is 4.79 Å². The minimum atomic E-state index is 0.141. The molecule has 1 unspecified atom stereocenters. The van der Waals surface area contributed by atoms with Gasteiger partial charge >= 0.3 is 0 Å². The quantitative estimate of drug-likeness (QED) is 0.793. The van der Waals surface area contributed by atoms with E-state index in [4.69, 9.17) is 0 Å². The lowest BCUT2D eigenvalue weighted by atomic mass is 10.0. The Morgan fingerprint density at radius 2 is 2.53 bits per heavy atom. The van der Waals surface area contributed by atoms with E-state index in [1.165, 1.54) is 0 Å². The fraction of sp³-hybridized carbons (Fsp3) is 0.667. The SMILES string of the molecule is Cc1c(CNC(=O)CC2CCNC2)cnn1C. The Morgan fingerprint density at radius 3 is 3.12 bits per heavy atom. The van der Waals surface area contributed by atoms with E-state index in [-0.39, 0.29) is 5.91 Å². The fourth-order valence-corrected chi connectivity index (χ4v) is 2.13. The number of carbonyl (C=O) groups is 1. The van der Waals surface area contributed by atoms with Gasteiger partial charge in [-0.15, -0.1) is 0 Å². The second-order valence-electron chi connectivity index (χ2n) is 4.72. The first-order valence-corrected chi connectivity index (χ1v) is 6.11. The highest BCUT2D eigenvalue weighted by Crippen LogP contribution is 2.12. The molecular weight excluding hydrogens is 216 g/mol. The van der Waals surface area contributed by atoms with E-state index >= 15 is 0 Å². The highest BCUT2D eigenvalue weighted by Gasteiger charge is 2.17. The lowest BCUT2D eigenvalue weighted by molar-refractivity contribution is -0.122. The van der Waals surface area contributed by atoms with E-state index in [0.29, 0.717) is 18.9 Å². The summed E-state index contributed by atoms with van der Waals surface area (Å²) in [6.45, 7) is 4.60. The molecule has 0 spiro atoms. The maximum atomic E-state index is 11.7. The van der Waals surface area contributed by atoms with E-state index in [1.54, 1.807) is 0 Å². The summed E-state index contributed by atoms with van der Waals surface area (Å²) in [6.07, 6.45) is 3.55. The van der Waals surface area contributed by atoms with Crippen LogP contribution in [0.4, 0.5) is 0 Å². The van der Waals surface area contributed by atoms with E-state index in [0.717, 1.165) is 30.8 Å². The van der Waals surface area contributed by atoms with Gasteiger partial charge in [0.2, 0.25) is 5.91 Å². The monoisotopic (exact) mass is 236 g/mol. The number of nitrogens with one attached hydrogen (secondary N) is 2. The van der Waals surface area contributed by atoms with Gasteiger partial charge < -0.3 is 10.6 Å². The summed E-state index contributed by atoms with van der Waals surface area (Å²) in [5.41, 5.74) is 2.19. The van der Waals surface area contributed by atoms with Gasteiger partial charge in [-0.2, -0.15) is 5.10 Å². The first-order chi connectivity index (χ1) is 8.16. The first kappa shape index (κ1) is 12.1. The summed E-state index contributed by atoms with van der Waals surface area (Å²) in [6, 6.07) is 0. The highest BCUT2D eigenvalue weighted by molar-refractivity contribution is 5.76. The van der Waals surface area contributed by atoms with Gasteiger partial charge in [0.1, 0.15) is 0 Å². The summed E-state index contributed by atoms with van der Waals surface area (Å²) >= 11 is 0. The van der Waals surface area contributed by atoms with Crippen molar-refractivity contribution in [1.29, 1.82) is 0 Å². The van der Waals surface area contributed by atoms with Crippen molar-refractivity contribution >= 4 is 5.91 Å². The van der Waals surface area contributed by atoms with Crippen LogP contribution in [-0.2, 0) is 18.4 Å². The third-order valence-corrected chi connectivity index (χ3v) is 3.45. The predicted molar refractivity (Wildman–Crippen MR) is 65.4 cm³/mol. The lowest BCUT2D eigenvalue weighted by Crippen LogP contribution is -2.26. The van der Waals surface area contributed by atoms with Gasteiger partial charge in [-0.05, 0) is 32.4 Å². The van der Waals surface area contributed by atoms with E-state index in [2.05, 4.69) is 15.7 Å². The standard InChI is InChI=1S/C12H20N4O/c1-9-11(8-15-16(9)2)7-14-12(17)5-10-3-4-13-6-10/h8,10,13H,3-7H2,1-2H3,(H,14,17). The number of aryl methyl sites for hydroxylation is 1. The van der Waals surface area contributed by atoms with Gasteiger partial charge in [-0.1, -0.05) is 0 Å². The minimum Gasteiger partial charge on any atom is -0.352 e. The first-order valence-electron chi connectivity index (χ1n) is 6.11. The Bertz CT molecular complexity index is 393. The van der Waals surface area contributed by atoms with Gasteiger partial charge in [-0.25, -0.2) is 0 Å². The Labute approximate surface area is 102 Å². The normalized spacial score (nSPS) is 19.5. The minimum absolute atomic E-state index is 0.141. The molecule has 2 rings (SSSR count). The molecule has 1 saturated heterocycles. The van der Waals surface area contributed by atoms with Crippen molar-refractivity contribution in [2.75, 3.05) is 13.1 Å². The number of amides is 1. The average molecular weight is 236 g/mol. The second kappa shape index (κ2) is 5.31. The molecule has 5 nitrogen and oxygen atoms in total. The van der Waals surface area contributed by atoms with Crippen LogP contribution in [0.15, 0.2) is 6.20 Å². The third-order valence-electron chi connectivity index (χ3n) is 3.45. The summed E-state index contributed by atoms with van der Waals surface area (Å²) in [5.74, 6) is 0.645. The summed E-state index contributed by atoms with van der Waals surface area (Å²) in [7, 11) is 1.91. The molecular formula is C12H20N4O. The van der Waals surface area contributed by atoms with Gasteiger partial charge in [0.15, 0.2) is 0 Å². The number of hydrogen-bond acceptors (Lipinski definition) is 3. The number of rotatable bonds is 4. The van der Waals surface area contributed by atoms with Crippen LogP contribution < -0.4 is 10.6 Å². The topological polar surface area (TPSA) is 59.0 Å². The Hall–Kier alpha value is -1.36. The lowest BCUT2D eigenvalue weighted by Gasteiger charge is -2.08. The molecule has 1 aliphatic heterocycles. The maximum absolute atomic E-state index is 11.7. The Balaban J connectivity index is 1.77. The van der Waals surface area contributed by atoms with Crippen LogP contribution in [0.3, 0.4) is 0 Å². The van der Waals surface area contributed by atoms with E-state index < -0.39 is 0 Å². The largest absolute Gasteiger partial charge is 0.352 e. The van der Waals surface area contributed by atoms with E-state index in [1.807, 2.05) is 24.9 Å². The van der Waals surface area contributed by atoms with Gasteiger partial charge in [0, 0.05) is 31.3 Å². The van der Waals surface area contributed by atoms with Crippen LogP contribution >= 0.6 is 0 Å². The smallest absolute Gasteiger partial charge is 0.220 e. The molecule has 0 bridgehead atoms. The van der Waals surface area contributed by atoms with Crippen molar-refractivity contribution in [2.24, 2.45) is 13.0 Å². The molecule has 1 aromatic rings. The number of aromatic nitrogens is 2. The number of nitrogens with zero attached hydrogens (tertiary/aromatic N) is 2. The molecule has 1 atom stereocenters. The molecule has 1 amide bonds. The summed E-state index contributed by atoms with van der Waals surface area (Å²) in [4.78, 5) is 11.7. The predicted octanol–water partition coefficient (Wildman–Crippen LogP) is 0.344. The van der Waals surface area contributed by atoms with Crippen LogP contribution in [-0.4, -0.2) is 28.8 Å². The molecule has 2 N–H and O–H groups in total. The Morgan fingerprint density at radius 1 is 1.71 bits per heavy atom. The zero-order valence-corrected chi connectivity index (χ0v) is 10.5. The van der Waals surface area contributed by atoms with Gasteiger partial charge in [0.25, 0.3) is 0 Å². The van der Waals surface area contributed by atoms with Crippen molar-refractivity contribution in [3.63, 3.8) is 0 Å². The van der Waals surface area contributed by atoms with Crippen LogP contribution in [0.5, 0.6) is 0 Å². The fourth-order valence-electron chi connectivity index (χ4n) is 2.13. The Kier molecular flexibility index (Phi) is 3.78. The zero-order chi connectivity index (χ0) is 12.3. The van der Waals surface area contributed by atoms with Crippen molar-refractivity contribution in [3.8, 4) is 0 Å². The van der Waals surface area contributed by atoms with Crippen LogP contribution in [0, 0.1) is 12.8 Å². The second-order valence-corrected chi connectivity index (χ2v) is 4.72. The van der Waals surface area contributed by atoms with Gasteiger partial charge in [0.05, 0.1) is 6.20 Å². The average Bonchev–Trinajstić information content (AvgIpc) is 2.90. The van der Waals surface area contributed by atoms with E-state index in [9.17, 15) is 4.79 Å². The number of hydrogen-bond donors (Lipinski definition) is 2. The molecule has 94 valence electrons. The van der Waals surface area contributed by atoms with Crippen molar-refractivity contribution in [1.82, 2.24) is 20.4 Å². The molecule has 1 aliphatic rings. The molecule has 5 heteroatoms. The molecule has 0 saturated carbocycles. The molecule has 1 fully saturated rings. The van der Waals surface area contributed by atoms with Crippen molar-refractivity contribution in [2.45, 2.75) is 26.3 Å². The molecule has 0 aliphatic carbocycles. The van der Waals surface area contributed by atoms with Gasteiger partial charge in [-0.3, -0.25) is 9.48 Å². The molecule has 0 aromatic carbocycles. The summed E-state index contributed by atoms with van der Waals surface area (Å²) in [5, 5.41) is 10.4. The van der Waals surface area contributed by atoms with Crippen LogP contribution in [0.25, 0.3) is 0 Å². The third kappa shape index (κ3) is 3.06. The zero-order valence-electron chi connectivity index (χ0n) is 10.5. The molecule has 1 aromatic heterocycles. The maximum Gasteiger partial charge on any atom is 0.220 e. The number of carbonyl (C=O) groups excluding carboxylic acids is 1. The molecule has 2 heterocycles. The van der Waals surface area contributed by atoms with Crippen LogP contribution in [0.1, 0.15) is 24.1 Å². The molecule has 17 heavy (non-hydrogen) atoms. The summed E-state index contributed by atoms with van der Waals surface area (Å²) < 4.78 is 1.82.